The van der Waals surface area contributed by atoms with Gasteiger partial charge in [-0.2, -0.15) is 0 Å². The van der Waals surface area contributed by atoms with Crippen molar-refractivity contribution in [3.8, 4) is 0 Å². The molecule has 0 spiro atoms. The van der Waals surface area contributed by atoms with Crippen molar-refractivity contribution in [2.45, 2.75) is 18.9 Å². The van der Waals surface area contributed by atoms with Crippen LogP contribution in [0, 0.1) is 10.1 Å². The SMILES string of the molecule is NC(=O)C[C@@H](NC(=O)Cc1cccc([N+](=O)[O-])c1)C(=O)O. The summed E-state index contributed by atoms with van der Waals surface area (Å²) in [6.45, 7) is 0. The van der Waals surface area contributed by atoms with Gasteiger partial charge in [-0.1, -0.05) is 12.1 Å². The third-order valence-electron chi connectivity index (χ3n) is 2.52. The van der Waals surface area contributed by atoms with E-state index >= 15 is 0 Å². The van der Waals surface area contributed by atoms with Crippen LogP contribution < -0.4 is 11.1 Å². The number of non-ortho nitro benzene ring substituents is 1. The number of carboxylic acids is 1. The Morgan fingerprint density at radius 2 is 2.05 bits per heavy atom. The number of carbonyl (C=O) groups excluding carboxylic acids is 2. The van der Waals surface area contributed by atoms with Gasteiger partial charge < -0.3 is 16.2 Å². The molecule has 0 aliphatic carbocycles. The third kappa shape index (κ3) is 5.27. The lowest BCUT2D eigenvalue weighted by molar-refractivity contribution is -0.384. The van der Waals surface area contributed by atoms with E-state index in [2.05, 4.69) is 5.32 Å². The first kappa shape index (κ1) is 16.1. The van der Waals surface area contributed by atoms with Gasteiger partial charge in [0.2, 0.25) is 11.8 Å². The number of carboxylic acid groups (broad SMARTS) is 1. The highest BCUT2D eigenvalue weighted by Crippen LogP contribution is 2.13. The van der Waals surface area contributed by atoms with Gasteiger partial charge in [-0.3, -0.25) is 19.7 Å². The zero-order valence-corrected chi connectivity index (χ0v) is 10.8. The molecule has 9 heteroatoms. The van der Waals surface area contributed by atoms with Crippen molar-refractivity contribution in [2.75, 3.05) is 0 Å². The van der Waals surface area contributed by atoms with E-state index in [0.29, 0.717) is 5.56 Å². The van der Waals surface area contributed by atoms with Crippen molar-refractivity contribution < 1.29 is 24.4 Å². The van der Waals surface area contributed by atoms with Crippen molar-refractivity contribution in [3.05, 3.63) is 39.9 Å². The van der Waals surface area contributed by atoms with Gasteiger partial charge in [-0.15, -0.1) is 0 Å². The van der Waals surface area contributed by atoms with Crippen LogP contribution in [0.1, 0.15) is 12.0 Å². The van der Waals surface area contributed by atoms with Gasteiger partial charge in [0.1, 0.15) is 6.04 Å². The molecule has 2 amide bonds. The number of amides is 2. The van der Waals surface area contributed by atoms with Crippen molar-refractivity contribution in [1.82, 2.24) is 5.32 Å². The summed E-state index contributed by atoms with van der Waals surface area (Å²) in [6, 6.07) is 3.97. The predicted molar refractivity (Wildman–Crippen MR) is 70.2 cm³/mol. The van der Waals surface area contributed by atoms with Gasteiger partial charge in [-0.25, -0.2) is 4.79 Å². The molecule has 1 rings (SSSR count). The monoisotopic (exact) mass is 295 g/mol. The highest BCUT2D eigenvalue weighted by atomic mass is 16.6. The molecule has 0 radical (unpaired) electrons. The summed E-state index contributed by atoms with van der Waals surface area (Å²) in [4.78, 5) is 43.3. The van der Waals surface area contributed by atoms with Gasteiger partial charge in [-0.05, 0) is 5.56 Å². The molecule has 0 aromatic heterocycles. The minimum atomic E-state index is -1.42. The zero-order chi connectivity index (χ0) is 16.0. The van der Waals surface area contributed by atoms with Gasteiger partial charge in [0, 0.05) is 12.1 Å². The molecule has 0 unspecified atom stereocenters. The standard InChI is InChI=1S/C12H13N3O6/c13-10(16)6-9(12(18)19)14-11(17)5-7-2-1-3-8(4-7)15(20)21/h1-4,9H,5-6H2,(H2,13,16)(H,14,17)(H,18,19)/t9-/m1/s1. The molecule has 0 saturated heterocycles. The molecule has 4 N–H and O–H groups in total. The van der Waals surface area contributed by atoms with Crippen molar-refractivity contribution in [1.29, 1.82) is 0 Å². The van der Waals surface area contributed by atoms with Gasteiger partial charge >= 0.3 is 5.97 Å². The van der Waals surface area contributed by atoms with Crippen LogP contribution in [-0.4, -0.2) is 33.9 Å². The first-order chi connectivity index (χ1) is 9.79. The van der Waals surface area contributed by atoms with E-state index in [-0.39, 0.29) is 12.1 Å². The number of nitro benzene ring substituents is 1. The number of hydrogen-bond acceptors (Lipinski definition) is 5. The number of primary amides is 1. The number of nitro groups is 1. The maximum absolute atomic E-state index is 11.7. The molecule has 0 heterocycles. The number of nitrogens with one attached hydrogen (secondary N) is 1. The smallest absolute Gasteiger partial charge is 0.326 e. The predicted octanol–water partition coefficient (Wildman–Crippen LogP) is -0.418. The molecule has 1 aromatic carbocycles. The third-order valence-corrected chi connectivity index (χ3v) is 2.52. The molecule has 9 nitrogen and oxygen atoms in total. The minimum absolute atomic E-state index is 0.174. The first-order valence-electron chi connectivity index (χ1n) is 5.83. The number of hydrogen-bond donors (Lipinski definition) is 3. The Morgan fingerprint density at radius 3 is 2.57 bits per heavy atom. The number of carbonyl (C=O) groups is 3. The van der Waals surface area contributed by atoms with E-state index in [9.17, 15) is 24.5 Å². The molecular weight excluding hydrogens is 282 g/mol. The molecule has 0 aliphatic heterocycles. The molecule has 1 aromatic rings. The van der Waals surface area contributed by atoms with Crippen LogP contribution in [0.5, 0.6) is 0 Å². The number of nitrogens with zero attached hydrogens (tertiary/aromatic N) is 1. The van der Waals surface area contributed by atoms with Crippen LogP contribution in [0.15, 0.2) is 24.3 Å². The summed E-state index contributed by atoms with van der Waals surface area (Å²) in [5, 5.41) is 21.6. The normalized spacial score (nSPS) is 11.4. The molecular formula is C12H13N3O6. The molecule has 0 fully saturated rings. The number of aliphatic carboxylic acids is 1. The fourth-order valence-electron chi connectivity index (χ4n) is 1.61. The van der Waals surface area contributed by atoms with Crippen LogP contribution in [0.3, 0.4) is 0 Å². The molecule has 0 saturated carbocycles. The van der Waals surface area contributed by atoms with E-state index < -0.39 is 35.2 Å². The number of rotatable bonds is 7. The zero-order valence-electron chi connectivity index (χ0n) is 10.8. The van der Waals surface area contributed by atoms with Crippen LogP contribution >= 0.6 is 0 Å². The lowest BCUT2D eigenvalue weighted by atomic mass is 10.1. The van der Waals surface area contributed by atoms with E-state index in [1.54, 1.807) is 0 Å². The summed E-state index contributed by atoms with van der Waals surface area (Å²) in [6.07, 6.45) is -0.778. The minimum Gasteiger partial charge on any atom is -0.480 e. The Bertz CT molecular complexity index is 586. The Morgan fingerprint density at radius 1 is 1.38 bits per heavy atom. The summed E-state index contributed by atoms with van der Waals surface area (Å²) >= 11 is 0. The van der Waals surface area contributed by atoms with Gasteiger partial charge in [0.15, 0.2) is 0 Å². The van der Waals surface area contributed by atoms with E-state index in [4.69, 9.17) is 10.8 Å². The Labute approximate surface area is 118 Å². The largest absolute Gasteiger partial charge is 0.480 e. The molecule has 1 atom stereocenters. The lowest BCUT2D eigenvalue weighted by Gasteiger charge is -2.12. The second kappa shape index (κ2) is 6.98. The molecule has 21 heavy (non-hydrogen) atoms. The number of nitrogens with two attached hydrogens (primary N) is 1. The molecule has 0 bridgehead atoms. The Balaban J connectivity index is 2.72. The summed E-state index contributed by atoms with van der Waals surface area (Å²) < 4.78 is 0. The lowest BCUT2D eigenvalue weighted by Crippen LogP contribution is -2.43. The van der Waals surface area contributed by atoms with Crippen LogP contribution in [-0.2, 0) is 20.8 Å². The fourth-order valence-corrected chi connectivity index (χ4v) is 1.61. The maximum Gasteiger partial charge on any atom is 0.326 e. The first-order valence-corrected chi connectivity index (χ1v) is 5.83. The molecule has 0 aliphatic rings. The van der Waals surface area contributed by atoms with E-state index in [1.165, 1.54) is 24.3 Å². The van der Waals surface area contributed by atoms with Gasteiger partial charge in [0.25, 0.3) is 5.69 Å². The summed E-state index contributed by atoms with van der Waals surface area (Å²) in [5.41, 5.74) is 5.06. The number of benzene rings is 1. The maximum atomic E-state index is 11.7. The van der Waals surface area contributed by atoms with Gasteiger partial charge in [0.05, 0.1) is 17.8 Å². The van der Waals surface area contributed by atoms with E-state index in [0.717, 1.165) is 0 Å². The van der Waals surface area contributed by atoms with E-state index in [1.807, 2.05) is 0 Å². The summed E-state index contributed by atoms with van der Waals surface area (Å²) in [7, 11) is 0. The quantitative estimate of drug-likeness (QED) is 0.458. The second-order valence-corrected chi connectivity index (χ2v) is 4.23. The van der Waals surface area contributed by atoms with Crippen molar-refractivity contribution >= 4 is 23.5 Å². The second-order valence-electron chi connectivity index (χ2n) is 4.23. The Kier molecular flexibility index (Phi) is 5.35. The van der Waals surface area contributed by atoms with Crippen molar-refractivity contribution in [2.24, 2.45) is 5.73 Å². The Hall–Kier alpha value is -2.97. The summed E-state index contributed by atoms with van der Waals surface area (Å²) in [5.74, 6) is -2.93. The van der Waals surface area contributed by atoms with Crippen molar-refractivity contribution in [3.63, 3.8) is 0 Å². The van der Waals surface area contributed by atoms with Crippen LogP contribution in [0.2, 0.25) is 0 Å². The van der Waals surface area contributed by atoms with Crippen LogP contribution in [0.25, 0.3) is 0 Å². The molecule has 112 valence electrons. The average molecular weight is 295 g/mol. The average Bonchev–Trinajstić information content (AvgIpc) is 2.37. The highest BCUT2D eigenvalue weighted by Gasteiger charge is 2.22. The van der Waals surface area contributed by atoms with Crippen LogP contribution in [0.4, 0.5) is 5.69 Å². The fraction of sp³-hybridized carbons (Fsp3) is 0.250. The highest BCUT2D eigenvalue weighted by molar-refractivity contribution is 5.88. The topological polar surface area (TPSA) is 153 Å².